The van der Waals surface area contributed by atoms with E-state index in [0.717, 1.165) is 23.2 Å². The van der Waals surface area contributed by atoms with E-state index >= 15 is 0 Å². The van der Waals surface area contributed by atoms with Crippen molar-refractivity contribution in [3.63, 3.8) is 0 Å². The highest BCUT2D eigenvalue weighted by Gasteiger charge is 2.47. The summed E-state index contributed by atoms with van der Waals surface area (Å²) in [5.74, 6) is 0.379. The number of aryl methyl sites for hydroxylation is 1. The van der Waals surface area contributed by atoms with Gasteiger partial charge in [0.15, 0.2) is 0 Å². The van der Waals surface area contributed by atoms with Crippen molar-refractivity contribution in [3.8, 4) is 0 Å². The number of hydrogen-bond acceptors (Lipinski definition) is 2. The molecule has 1 aromatic carbocycles. The summed E-state index contributed by atoms with van der Waals surface area (Å²) in [4.78, 5) is 14.9. The highest BCUT2D eigenvalue weighted by molar-refractivity contribution is 5.93. The number of nitrogens with zero attached hydrogens (tertiary/aromatic N) is 2. The lowest BCUT2D eigenvalue weighted by Crippen LogP contribution is -2.36. The molecule has 2 aliphatic heterocycles. The molecule has 0 bridgehead atoms. The third-order valence-electron chi connectivity index (χ3n) is 5.50. The molecule has 3 heterocycles. The molecule has 26 heavy (non-hydrogen) atoms. The molecule has 2 fully saturated rings. The van der Waals surface area contributed by atoms with Gasteiger partial charge in [0.25, 0.3) is 5.91 Å². The topological polar surface area (TPSA) is 37.3 Å². The van der Waals surface area contributed by atoms with Gasteiger partial charge >= 0.3 is 6.55 Å². The molecule has 2 saturated heterocycles. The van der Waals surface area contributed by atoms with Crippen LogP contribution in [0.25, 0.3) is 0 Å². The van der Waals surface area contributed by atoms with Crippen LogP contribution in [0.3, 0.4) is 0 Å². The second kappa shape index (κ2) is 7.37. The van der Waals surface area contributed by atoms with Crippen molar-refractivity contribution in [3.05, 3.63) is 59.4 Å². The highest BCUT2D eigenvalue weighted by atomic mass is 35.5. The fourth-order valence-electron chi connectivity index (χ4n) is 4.34. The van der Waals surface area contributed by atoms with Gasteiger partial charge < -0.3 is 10.2 Å². The monoisotopic (exact) mass is 381 g/mol. The van der Waals surface area contributed by atoms with Crippen LogP contribution in [0.5, 0.6) is 0 Å². The number of carbonyl (C=O) groups is 1. The Hall–Kier alpha value is -1.92. The van der Waals surface area contributed by atoms with E-state index in [-0.39, 0.29) is 30.0 Å². The van der Waals surface area contributed by atoms with Crippen molar-refractivity contribution >= 4 is 18.3 Å². The summed E-state index contributed by atoms with van der Waals surface area (Å²) in [7, 11) is 0. The smallest absolute Gasteiger partial charge is 0.319 e. The van der Waals surface area contributed by atoms with Gasteiger partial charge in [0.1, 0.15) is 5.69 Å². The summed E-state index contributed by atoms with van der Waals surface area (Å²) < 4.78 is 27.6. The Balaban J connectivity index is 0.00000196. The van der Waals surface area contributed by atoms with Crippen molar-refractivity contribution in [2.45, 2.75) is 19.5 Å². The third kappa shape index (κ3) is 3.01. The van der Waals surface area contributed by atoms with Gasteiger partial charge in [0, 0.05) is 31.2 Å². The van der Waals surface area contributed by atoms with Gasteiger partial charge in [0.05, 0.1) is 6.04 Å². The van der Waals surface area contributed by atoms with E-state index in [1.165, 1.54) is 6.07 Å². The number of carbonyl (C=O) groups excluding carboxylic acids is 1. The summed E-state index contributed by atoms with van der Waals surface area (Å²) in [5.41, 5.74) is 1.54. The number of nitrogens with one attached hydrogen (secondary N) is 1. The zero-order chi connectivity index (χ0) is 17.6. The maximum atomic E-state index is 13.4. The van der Waals surface area contributed by atoms with Crippen LogP contribution in [0.15, 0.2) is 42.5 Å². The van der Waals surface area contributed by atoms with Crippen LogP contribution in [-0.4, -0.2) is 35.0 Å². The summed E-state index contributed by atoms with van der Waals surface area (Å²) in [6.45, 7) is 1.20. The van der Waals surface area contributed by atoms with Crippen molar-refractivity contribution in [1.82, 2.24) is 14.8 Å². The summed E-state index contributed by atoms with van der Waals surface area (Å²) in [6.07, 6.45) is 0. The average Bonchev–Trinajstić information content (AvgIpc) is 3.28. The van der Waals surface area contributed by atoms with Gasteiger partial charge in [-0.25, -0.2) is 0 Å². The molecule has 4 nitrogen and oxygen atoms in total. The van der Waals surface area contributed by atoms with Crippen molar-refractivity contribution in [2.75, 3.05) is 19.6 Å². The number of likely N-dealkylation sites (tertiary alicyclic amines) is 1. The molecule has 0 saturated carbocycles. The molecular formula is C19H22ClF2N3O. The van der Waals surface area contributed by atoms with Gasteiger partial charge in [0.2, 0.25) is 0 Å². The minimum Gasteiger partial charge on any atom is -0.330 e. The van der Waals surface area contributed by atoms with Crippen LogP contribution in [0.2, 0.25) is 0 Å². The number of alkyl halides is 2. The Morgan fingerprint density at radius 3 is 2.58 bits per heavy atom. The van der Waals surface area contributed by atoms with Crippen LogP contribution >= 0.6 is 12.4 Å². The van der Waals surface area contributed by atoms with E-state index in [1.54, 1.807) is 17.9 Å². The summed E-state index contributed by atoms with van der Waals surface area (Å²) in [6, 6.07) is 12.9. The van der Waals surface area contributed by atoms with Crippen LogP contribution in [0.1, 0.15) is 34.3 Å². The fourth-order valence-corrected chi connectivity index (χ4v) is 4.34. The molecule has 140 valence electrons. The third-order valence-corrected chi connectivity index (χ3v) is 5.50. The Morgan fingerprint density at radius 2 is 1.88 bits per heavy atom. The first kappa shape index (κ1) is 18.9. The lowest BCUT2D eigenvalue weighted by Gasteiger charge is -2.29. The normalized spacial score (nSPS) is 24.6. The molecule has 0 radical (unpaired) electrons. The maximum Gasteiger partial charge on any atom is 0.319 e. The van der Waals surface area contributed by atoms with E-state index in [4.69, 9.17) is 0 Å². The van der Waals surface area contributed by atoms with E-state index < -0.39 is 6.55 Å². The van der Waals surface area contributed by atoms with Crippen LogP contribution < -0.4 is 5.32 Å². The molecule has 1 N–H and O–H groups in total. The van der Waals surface area contributed by atoms with Crippen LogP contribution in [0, 0.1) is 18.8 Å². The molecular weight excluding hydrogens is 360 g/mol. The van der Waals surface area contributed by atoms with E-state index in [0.29, 0.717) is 24.1 Å². The molecule has 2 aliphatic rings. The first-order valence-electron chi connectivity index (χ1n) is 8.60. The quantitative estimate of drug-likeness (QED) is 0.881. The molecule has 1 aromatic heterocycles. The minimum absolute atomic E-state index is 0. The Labute approximate surface area is 157 Å². The molecule has 0 unspecified atom stereocenters. The largest absolute Gasteiger partial charge is 0.330 e. The number of halogens is 3. The lowest BCUT2D eigenvalue weighted by atomic mass is 9.89. The molecule has 7 heteroatoms. The number of fused-ring (bicyclic) bond motifs is 1. The zero-order valence-electron chi connectivity index (χ0n) is 14.4. The van der Waals surface area contributed by atoms with Crippen molar-refractivity contribution in [2.24, 2.45) is 11.8 Å². The SMILES string of the molecule is Cc1ccc(C(=O)N2C[C@@H]3CNC[C@@H]3[C@@H]2c2ccccc2)n1C(F)F.Cl. The van der Waals surface area contributed by atoms with Gasteiger partial charge in [-0.3, -0.25) is 9.36 Å². The Kier molecular flexibility index (Phi) is 5.34. The molecule has 0 spiro atoms. The predicted octanol–water partition coefficient (Wildman–Crippen LogP) is 3.65. The number of rotatable bonds is 3. The maximum absolute atomic E-state index is 13.4. The molecule has 0 aliphatic carbocycles. The van der Waals surface area contributed by atoms with Gasteiger partial charge in [-0.15, -0.1) is 12.4 Å². The lowest BCUT2D eigenvalue weighted by molar-refractivity contribution is 0.0532. The van der Waals surface area contributed by atoms with Gasteiger partial charge in [-0.05, 0) is 30.5 Å². The minimum atomic E-state index is -2.71. The summed E-state index contributed by atoms with van der Waals surface area (Å²) >= 11 is 0. The average molecular weight is 382 g/mol. The summed E-state index contributed by atoms with van der Waals surface area (Å²) in [5, 5.41) is 3.39. The Morgan fingerprint density at radius 1 is 1.15 bits per heavy atom. The first-order chi connectivity index (χ1) is 12.1. The second-order valence-electron chi connectivity index (χ2n) is 6.90. The molecule has 4 rings (SSSR count). The first-order valence-corrected chi connectivity index (χ1v) is 8.60. The molecule has 1 amide bonds. The number of amides is 1. The van der Waals surface area contributed by atoms with Crippen molar-refractivity contribution < 1.29 is 13.6 Å². The van der Waals surface area contributed by atoms with E-state index in [2.05, 4.69) is 5.32 Å². The zero-order valence-corrected chi connectivity index (χ0v) is 15.3. The van der Waals surface area contributed by atoms with Gasteiger partial charge in [-0.1, -0.05) is 30.3 Å². The fraction of sp³-hybridized carbons (Fsp3) is 0.421. The number of hydrogen-bond donors (Lipinski definition) is 1. The number of aromatic nitrogens is 1. The van der Waals surface area contributed by atoms with Crippen LogP contribution in [0.4, 0.5) is 8.78 Å². The molecule has 3 atom stereocenters. The van der Waals surface area contributed by atoms with Gasteiger partial charge in [-0.2, -0.15) is 8.78 Å². The molecule has 2 aromatic rings. The highest BCUT2D eigenvalue weighted by Crippen LogP contribution is 2.43. The second-order valence-corrected chi connectivity index (χ2v) is 6.90. The standard InChI is InChI=1S/C19H21F2N3O.ClH/c1-12-7-8-16(24(12)19(20)21)18(25)23-11-14-9-22-10-15(14)17(23)13-5-3-2-4-6-13;/h2-8,14-15,17,19,22H,9-11H2,1H3;1H/t14-,15-,17-;/m0./s1. The Bertz CT molecular complexity index is 780. The number of benzene rings is 1. The van der Waals surface area contributed by atoms with Crippen molar-refractivity contribution in [1.29, 1.82) is 0 Å². The van der Waals surface area contributed by atoms with Crippen LogP contribution in [-0.2, 0) is 0 Å². The van der Waals surface area contributed by atoms with E-state index in [9.17, 15) is 13.6 Å². The van der Waals surface area contributed by atoms with E-state index in [1.807, 2.05) is 30.3 Å². The predicted molar refractivity (Wildman–Crippen MR) is 97.7 cm³/mol.